The fraction of sp³-hybridized carbons (Fsp3) is 0.111. The largest absolute Gasteiger partial charge is 0.476 e. The van der Waals surface area contributed by atoms with Crippen LogP contribution in [0.5, 0.6) is 0 Å². The van der Waals surface area contributed by atoms with Crippen molar-refractivity contribution in [2.75, 3.05) is 0 Å². The molecule has 0 aliphatic heterocycles. The Morgan fingerprint density at radius 3 is 2.23 bits per heavy atom. The summed E-state index contributed by atoms with van der Waals surface area (Å²) in [7, 11) is -4.18. The van der Waals surface area contributed by atoms with Gasteiger partial charge in [-0.05, 0) is 42.3 Å². The van der Waals surface area contributed by atoms with Crippen molar-refractivity contribution in [2.24, 2.45) is 0 Å². The molecule has 3 aromatic carbocycles. The molecule has 0 bridgehead atoms. The monoisotopic (exact) mass is 488 g/mol. The van der Waals surface area contributed by atoms with Crippen molar-refractivity contribution in [2.45, 2.75) is 23.7 Å². The highest BCUT2D eigenvalue weighted by molar-refractivity contribution is 7.89. The van der Waals surface area contributed by atoms with Crippen LogP contribution in [0.25, 0.3) is 6.08 Å². The van der Waals surface area contributed by atoms with Gasteiger partial charge in [0, 0.05) is 17.4 Å². The summed E-state index contributed by atoms with van der Waals surface area (Å²) in [6, 6.07) is 21.7. The number of rotatable bonds is 5. The zero-order valence-corrected chi connectivity index (χ0v) is 19.5. The van der Waals surface area contributed by atoms with E-state index in [0.717, 1.165) is 20.8 Å². The Morgan fingerprint density at radius 2 is 1.60 bits per heavy atom. The number of carboxylic acid groups (broad SMARTS) is 1. The van der Waals surface area contributed by atoms with Gasteiger partial charge in [0.1, 0.15) is 5.82 Å². The van der Waals surface area contributed by atoms with Gasteiger partial charge in [0.05, 0.1) is 10.6 Å². The summed E-state index contributed by atoms with van der Waals surface area (Å²) in [4.78, 5) is 12.0. The zero-order chi connectivity index (χ0) is 24.8. The molecule has 0 radical (unpaired) electrons. The predicted octanol–water partition coefficient (Wildman–Crippen LogP) is 4.82. The van der Waals surface area contributed by atoms with Crippen molar-refractivity contribution < 1.29 is 22.7 Å². The lowest BCUT2D eigenvalue weighted by Crippen LogP contribution is -2.32. The first kappa shape index (κ1) is 22.7. The number of aryl methyl sites for hydroxylation is 1. The van der Waals surface area contributed by atoms with Crippen LogP contribution in [0.2, 0.25) is 0 Å². The molecular formula is C27H21FN2O4S. The zero-order valence-electron chi connectivity index (χ0n) is 18.7. The molecule has 5 rings (SSSR count). The molecule has 1 aliphatic carbocycles. The number of halogens is 1. The SMILES string of the molecule is Cc1ccc(S(=O)(=O)n2nc(C(=O)O)c3c2CC(c2ccccc2)(c2ccc(F)cc2)C=C3)cc1. The van der Waals surface area contributed by atoms with E-state index in [0.29, 0.717) is 0 Å². The number of carbonyl (C=O) groups is 1. The summed E-state index contributed by atoms with van der Waals surface area (Å²) in [5.41, 5.74) is 1.77. The lowest BCUT2D eigenvalue weighted by Gasteiger charge is -2.35. The smallest absolute Gasteiger partial charge is 0.357 e. The van der Waals surface area contributed by atoms with E-state index in [1.54, 1.807) is 30.3 Å². The molecular weight excluding hydrogens is 467 g/mol. The third kappa shape index (κ3) is 3.76. The highest BCUT2D eigenvalue weighted by atomic mass is 32.2. The quantitative estimate of drug-likeness (QED) is 0.435. The predicted molar refractivity (Wildman–Crippen MR) is 129 cm³/mol. The number of allylic oxidation sites excluding steroid dienone is 1. The van der Waals surface area contributed by atoms with Crippen LogP contribution in [-0.4, -0.2) is 28.7 Å². The Hall–Kier alpha value is -4.04. The summed E-state index contributed by atoms with van der Waals surface area (Å²) >= 11 is 0. The maximum atomic E-state index is 13.8. The van der Waals surface area contributed by atoms with Gasteiger partial charge in [-0.25, -0.2) is 9.18 Å². The first-order valence-corrected chi connectivity index (χ1v) is 12.3. The van der Waals surface area contributed by atoms with E-state index in [1.165, 1.54) is 24.3 Å². The average Bonchev–Trinajstić information content (AvgIpc) is 3.25. The summed E-state index contributed by atoms with van der Waals surface area (Å²) < 4.78 is 41.8. The molecule has 0 saturated heterocycles. The summed E-state index contributed by atoms with van der Waals surface area (Å²) in [6.07, 6.45) is 3.56. The molecule has 8 heteroatoms. The van der Waals surface area contributed by atoms with Gasteiger partial charge in [0.25, 0.3) is 10.0 Å². The van der Waals surface area contributed by atoms with Crippen LogP contribution in [0.15, 0.2) is 89.8 Å². The van der Waals surface area contributed by atoms with Gasteiger partial charge in [-0.1, -0.05) is 72.3 Å². The Balaban J connectivity index is 1.76. The molecule has 1 aromatic heterocycles. The first-order chi connectivity index (χ1) is 16.7. The number of carboxylic acids is 1. The average molecular weight is 489 g/mol. The minimum atomic E-state index is -4.18. The maximum absolute atomic E-state index is 13.8. The van der Waals surface area contributed by atoms with Gasteiger partial charge in [0.15, 0.2) is 5.69 Å². The molecule has 0 amide bonds. The highest BCUT2D eigenvalue weighted by Crippen LogP contribution is 2.43. The fourth-order valence-electron chi connectivity index (χ4n) is 4.54. The molecule has 4 aromatic rings. The molecule has 176 valence electrons. The van der Waals surface area contributed by atoms with Crippen LogP contribution < -0.4 is 0 Å². The van der Waals surface area contributed by atoms with Crippen molar-refractivity contribution in [3.63, 3.8) is 0 Å². The molecule has 0 fully saturated rings. The van der Waals surface area contributed by atoms with Crippen molar-refractivity contribution in [3.8, 4) is 0 Å². The normalized spacial score (nSPS) is 17.2. The maximum Gasteiger partial charge on any atom is 0.357 e. The molecule has 1 unspecified atom stereocenters. The van der Waals surface area contributed by atoms with Crippen LogP contribution in [0.3, 0.4) is 0 Å². The Kier molecular flexibility index (Phi) is 5.40. The van der Waals surface area contributed by atoms with Gasteiger partial charge >= 0.3 is 5.97 Å². The van der Waals surface area contributed by atoms with Gasteiger partial charge in [-0.3, -0.25) is 0 Å². The second-order valence-electron chi connectivity index (χ2n) is 8.53. The van der Waals surface area contributed by atoms with Gasteiger partial charge < -0.3 is 5.11 Å². The second-order valence-corrected chi connectivity index (χ2v) is 10.3. The molecule has 6 nitrogen and oxygen atoms in total. The van der Waals surface area contributed by atoms with Crippen LogP contribution in [0.1, 0.15) is 38.4 Å². The van der Waals surface area contributed by atoms with Crippen molar-refractivity contribution in [1.82, 2.24) is 9.19 Å². The topological polar surface area (TPSA) is 89.3 Å². The lowest BCUT2D eigenvalue weighted by atomic mass is 9.68. The summed E-state index contributed by atoms with van der Waals surface area (Å²) in [5, 5.41) is 13.8. The molecule has 1 N–H and O–H groups in total. The summed E-state index contributed by atoms with van der Waals surface area (Å²) in [5.74, 6) is -1.71. The first-order valence-electron chi connectivity index (χ1n) is 10.9. The lowest BCUT2D eigenvalue weighted by molar-refractivity contribution is 0.0690. The number of aromatic nitrogens is 2. The second kappa shape index (κ2) is 8.32. The Labute approximate surface area is 202 Å². The van der Waals surface area contributed by atoms with Gasteiger partial charge in [-0.15, -0.1) is 5.10 Å². The fourth-order valence-corrected chi connectivity index (χ4v) is 5.87. The third-order valence-corrected chi connectivity index (χ3v) is 7.99. The van der Waals surface area contributed by atoms with E-state index >= 15 is 0 Å². The molecule has 1 heterocycles. The molecule has 0 saturated carbocycles. The van der Waals surface area contributed by atoms with Crippen molar-refractivity contribution in [3.05, 3.63) is 124 Å². The number of fused-ring (bicyclic) bond motifs is 1. The standard InChI is InChI=1S/C27H21FN2O4S/c1-18-7-13-22(14-8-18)35(33,34)30-24-17-27(19-5-3-2-4-6-19,20-9-11-21(28)12-10-20)16-15-23(24)25(29-30)26(31)32/h2-16H,17H2,1H3,(H,31,32). The molecule has 1 aliphatic rings. The van der Waals surface area contributed by atoms with E-state index in [9.17, 15) is 22.7 Å². The van der Waals surface area contributed by atoms with E-state index in [4.69, 9.17) is 0 Å². The highest BCUT2D eigenvalue weighted by Gasteiger charge is 2.40. The number of hydrogen-bond acceptors (Lipinski definition) is 4. The molecule has 0 spiro atoms. The minimum absolute atomic E-state index is 0.00647. The summed E-state index contributed by atoms with van der Waals surface area (Å²) in [6.45, 7) is 1.84. The number of benzene rings is 3. The van der Waals surface area contributed by atoms with Crippen LogP contribution in [-0.2, 0) is 21.9 Å². The van der Waals surface area contributed by atoms with E-state index in [-0.39, 0.29) is 28.3 Å². The Bertz CT molecular complexity index is 1560. The minimum Gasteiger partial charge on any atom is -0.476 e. The number of nitrogens with zero attached hydrogens (tertiary/aromatic N) is 2. The van der Waals surface area contributed by atoms with Crippen molar-refractivity contribution in [1.29, 1.82) is 0 Å². The third-order valence-electron chi connectivity index (χ3n) is 6.37. The van der Waals surface area contributed by atoms with Crippen LogP contribution >= 0.6 is 0 Å². The number of hydrogen-bond donors (Lipinski definition) is 1. The van der Waals surface area contributed by atoms with Gasteiger partial charge in [-0.2, -0.15) is 12.5 Å². The van der Waals surface area contributed by atoms with Crippen LogP contribution in [0, 0.1) is 12.7 Å². The van der Waals surface area contributed by atoms with Gasteiger partial charge in [0.2, 0.25) is 0 Å². The van der Waals surface area contributed by atoms with E-state index < -0.39 is 27.2 Å². The van der Waals surface area contributed by atoms with Crippen LogP contribution in [0.4, 0.5) is 4.39 Å². The van der Waals surface area contributed by atoms with E-state index in [1.807, 2.05) is 43.3 Å². The van der Waals surface area contributed by atoms with E-state index in [2.05, 4.69) is 5.10 Å². The molecule has 1 atom stereocenters. The number of aromatic carboxylic acids is 1. The Morgan fingerprint density at radius 1 is 0.971 bits per heavy atom. The molecule has 35 heavy (non-hydrogen) atoms. The van der Waals surface area contributed by atoms with Crippen molar-refractivity contribution >= 4 is 22.1 Å².